The van der Waals surface area contributed by atoms with Crippen molar-refractivity contribution in [2.75, 3.05) is 26.9 Å². The molecule has 6 heteroatoms. The molecule has 18 heavy (non-hydrogen) atoms. The van der Waals surface area contributed by atoms with Crippen molar-refractivity contribution in [1.29, 1.82) is 0 Å². The van der Waals surface area contributed by atoms with Gasteiger partial charge in [0, 0.05) is 32.9 Å². The summed E-state index contributed by atoms with van der Waals surface area (Å²) in [4.78, 5) is 0. The van der Waals surface area contributed by atoms with E-state index in [9.17, 15) is 0 Å². The molecule has 1 aliphatic heterocycles. The second kappa shape index (κ2) is 7.45. The lowest BCUT2D eigenvalue weighted by molar-refractivity contribution is 0.0696. The fourth-order valence-electron chi connectivity index (χ4n) is 2.12. The Hall–Kier alpha value is -0.980. The van der Waals surface area contributed by atoms with Gasteiger partial charge in [-0.3, -0.25) is 0 Å². The number of ether oxygens (including phenoxy) is 2. The monoisotopic (exact) mass is 254 g/mol. The molecule has 0 spiro atoms. The Morgan fingerprint density at radius 3 is 3.33 bits per heavy atom. The maximum atomic E-state index is 5.44. The predicted molar refractivity (Wildman–Crippen MR) is 67.2 cm³/mol. The van der Waals surface area contributed by atoms with Gasteiger partial charge in [-0.15, -0.1) is 10.2 Å². The highest BCUT2D eigenvalue weighted by atomic mass is 16.5. The molecule has 2 heterocycles. The maximum Gasteiger partial charge on any atom is 0.146 e. The number of hydrogen-bond donors (Lipinski definition) is 1. The number of aromatic nitrogens is 3. The van der Waals surface area contributed by atoms with Crippen LogP contribution in [0.25, 0.3) is 0 Å². The Labute approximate surface area is 108 Å². The topological polar surface area (TPSA) is 61.2 Å². The molecule has 1 aromatic heterocycles. The molecule has 6 nitrogen and oxygen atoms in total. The van der Waals surface area contributed by atoms with Gasteiger partial charge in [-0.05, 0) is 19.3 Å². The second-order valence-corrected chi connectivity index (χ2v) is 4.58. The Morgan fingerprint density at radius 2 is 2.56 bits per heavy atom. The minimum atomic E-state index is 0.447. The highest BCUT2D eigenvalue weighted by molar-refractivity contribution is 4.86. The van der Waals surface area contributed by atoms with Crippen LogP contribution in [0.3, 0.4) is 0 Å². The molecule has 1 saturated heterocycles. The van der Waals surface area contributed by atoms with E-state index in [1.807, 2.05) is 0 Å². The number of aryl methyl sites for hydroxylation is 1. The van der Waals surface area contributed by atoms with E-state index in [0.717, 1.165) is 51.6 Å². The molecule has 0 aromatic carbocycles. The molecule has 1 unspecified atom stereocenters. The van der Waals surface area contributed by atoms with Crippen LogP contribution in [0.2, 0.25) is 0 Å². The first-order valence-corrected chi connectivity index (χ1v) is 6.57. The molecule has 2 rings (SSSR count). The van der Waals surface area contributed by atoms with Gasteiger partial charge >= 0.3 is 0 Å². The highest BCUT2D eigenvalue weighted by Crippen LogP contribution is 2.07. The van der Waals surface area contributed by atoms with Gasteiger partial charge in [0.25, 0.3) is 0 Å². The molecular formula is C12H22N4O2. The molecule has 1 aromatic rings. The third-order valence-corrected chi connectivity index (χ3v) is 3.15. The van der Waals surface area contributed by atoms with Gasteiger partial charge in [-0.2, -0.15) is 0 Å². The summed E-state index contributed by atoms with van der Waals surface area (Å²) in [5.41, 5.74) is 0. The summed E-state index contributed by atoms with van der Waals surface area (Å²) in [6.45, 7) is 4.12. The molecule has 1 atom stereocenters. The molecule has 1 N–H and O–H groups in total. The zero-order chi connectivity index (χ0) is 12.6. The van der Waals surface area contributed by atoms with Crippen LogP contribution in [-0.4, -0.2) is 47.7 Å². The van der Waals surface area contributed by atoms with Crippen molar-refractivity contribution in [2.24, 2.45) is 0 Å². The van der Waals surface area contributed by atoms with Gasteiger partial charge in [-0.1, -0.05) is 0 Å². The van der Waals surface area contributed by atoms with Crippen LogP contribution in [0.1, 0.15) is 25.1 Å². The Balaban J connectivity index is 1.75. The lowest BCUT2D eigenvalue weighted by atomic mass is 10.1. The lowest BCUT2D eigenvalue weighted by Gasteiger charge is -2.23. The first-order valence-electron chi connectivity index (χ1n) is 6.57. The van der Waals surface area contributed by atoms with Crippen LogP contribution >= 0.6 is 0 Å². The van der Waals surface area contributed by atoms with Gasteiger partial charge < -0.3 is 19.4 Å². The fourth-order valence-corrected chi connectivity index (χ4v) is 2.12. The Bertz CT molecular complexity index is 337. The summed E-state index contributed by atoms with van der Waals surface area (Å²) in [6.07, 6.45) is 5.08. The standard InChI is InChI=1S/C12H22N4O2/c1-17-6-3-5-16-10-14-15-12(16)8-13-11-4-2-7-18-9-11/h10-11,13H,2-9H2,1H3. The molecule has 1 fully saturated rings. The van der Waals surface area contributed by atoms with Gasteiger partial charge in [0.2, 0.25) is 0 Å². The normalized spacial score (nSPS) is 20.2. The molecule has 0 bridgehead atoms. The van der Waals surface area contributed by atoms with E-state index in [1.165, 1.54) is 6.42 Å². The third-order valence-electron chi connectivity index (χ3n) is 3.15. The average Bonchev–Trinajstić information content (AvgIpc) is 2.86. The summed E-state index contributed by atoms with van der Waals surface area (Å²) in [5, 5.41) is 11.6. The van der Waals surface area contributed by atoms with Crippen LogP contribution in [0, 0.1) is 0 Å². The van der Waals surface area contributed by atoms with Crippen LogP contribution in [0.15, 0.2) is 6.33 Å². The molecular weight excluding hydrogens is 232 g/mol. The minimum Gasteiger partial charge on any atom is -0.385 e. The van der Waals surface area contributed by atoms with Crippen molar-refractivity contribution in [2.45, 2.75) is 38.4 Å². The highest BCUT2D eigenvalue weighted by Gasteiger charge is 2.14. The number of nitrogens with one attached hydrogen (secondary N) is 1. The van der Waals surface area contributed by atoms with E-state index in [1.54, 1.807) is 13.4 Å². The van der Waals surface area contributed by atoms with E-state index >= 15 is 0 Å². The number of methoxy groups -OCH3 is 1. The van der Waals surface area contributed by atoms with Crippen molar-refractivity contribution < 1.29 is 9.47 Å². The van der Waals surface area contributed by atoms with Crippen molar-refractivity contribution in [3.63, 3.8) is 0 Å². The van der Waals surface area contributed by atoms with E-state index in [2.05, 4.69) is 20.1 Å². The summed E-state index contributed by atoms with van der Waals surface area (Å²) < 4.78 is 12.6. The van der Waals surface area contributed by atoms with E-state index in [0.29, 0.717) is 6.04 Å². The lowest BCUT2D eigenvalue weighted by Crippen LogP contribution is -2.36. The van der Waals surface area contributed by atoms with E-state index < -0.39 is 0 Å². The summed E-state index contributed by atoms with van der Waals surface area (Å²) >= 11 is 0. The van der Waals surface area contributed by atoms with Gasteiger partial charge in [0.1, 0.15) is 12.2 Å². The van der Waals surface area contributed by atoms with Crippen molar-refractivity contribution in [1.82, 2.24) is 20.1 Å². The molecule has 0 amide bonds. The third kappa shape index (κ3) is 4.04. The first kappa shape index (κ1) is 13.5. The van der Waals surface area contributed by atoms with E-state index in [4.69, 9.17) is 9.47 Å². The molecule has 102 valence electrons. The zero-order valence-corrected chi connectivity index (χ0v) is 11.0. The fraction of sp³-hybridized carbons (Fsp3) is 0.833. The van der Waals surface area contributed by atoms with E-state index in [-0.39, 0.29) is 0 Å². The van der Waals surface area contributed by atoms with Gasteiger partial charge in [0.15, 0.2) is 0 Å². The van der Waals surface area contributed by atoms with Crippen molar-refractivity contribution >= 4 is 0 Å². The minimum absolute atomic E-state index is 0.447. The summed E-state index contributed by atoms with van der Waals surface area (Å²) in [5.74, 6) is 0.983. The van der Waals surface area contributed by atoms with Crippen LogP contribution in [0.5, 0.6) is 0 Å². The first-order chi connectivity index (χ1) is 8.90. The molecule has 0 aliphatic carbocycles. The largest absolute Gasteiger partial charge is 0.385 e. The molecule has 0 radical (unpaired) electrons. The van der Waals surface area contributed by atoms with Crippen LogP contribution < -0.4 is 5.32 Å². The number of hydrogen-bond acceptors (Lipinski definition) is 5. The van der Waals surface area contributed by atoms with Crippen molar-refractivity contribution in [3.05, 3.63) is 12.2 Å². The van der Waals surface area contributed by atoms with Crippen LogP contribution in [-0.2, 0) is 22.6 Å². The summed E-state index contributed by atoms with van der Waals surface area (Å²) in [7, 11) is 1.72. The van der Waals surface area contributed by atoms with Crippen LogP contribution in [0.4, 0.5) is 0 Å². The molecule has 0 saturated carbocycles. The Kier molecular flexibility index (Phi) is 5.57. The average molecular weight is 254 g/mol. The van der Waals surface area contributed by atoms with Crippen molar-refractivity contribution in [3.8, 4) is 0 Å². The molecule has 1 aliphatic rings. The van der Waals surface area contributed by atoms with Gasteiger partial charge in [0.05, 0.1) is 13.2 Å². The zero-order valence-electron chi connectivity index (χ0n) is 11.0. The predicted octanol–water partition coefficient (Wildman–Crippen LogP) is 0.583. The Morgan fingerprint density at radius 1 is 1.61 bits per heavy atom. The van der Waals surface area contributed by atoms with Gasteiger partial charge in [-0.25, -0.2) is 0 Å². The maximum absolute atomic E-state index is 5.44. The number of nitrogens with zero attached hydrogens (tertiary/aromatic N) is 3. The quantitative estimate of drug-likeness (QED) is 0.721. The smallest absolute Gasteiger partial charge is 0.146 e. The summed E-state index contributed by atoms with van der Waals surface area (Å²) in [6, 6.07) is 0.447. The second-order valence-electron chi connectivity index (χ2n) is 4.58. The number of rotatable bonds is 7. The SMILES string of the molecule is COCCCn1cnnc1CNC1CCCOC1.